The third kappa shape index (κ3) is 3.79. The van der Waals surface area contributed by atoms with Crippen molar-refractivity contribution in [2.75, 3.05) is 12.6 Å². The van der Waals surface area contributed by atoms with Gasteiger partial charge in [-0.2, -0.15) is 0 Å². The van der Waals surface area contributed by atoms with Gasteiger partial charge in [-0.25, -0.2) is 0 Å². The van der Waals surface area contributed by atoms with E-state index >= 15 is 0 Å². The van der Waals surface area contributed by atoms with E-state index in [9.17, 15) is 4.79 Å². The summed E-state index contributed by atoms with van der Waals surface area (Å²) in [6, 6.07) is 30.1. The van der Waals surface area contributed by atoms with Gasteiger partial charge in [0.05, 0.1) is 12.1 Å². The number of carbonyl (C=O) groups is 1. The molecule has 0 aliphatic carbocycles. The van der Waals surface area contributed by atoms with E-state index in [0.29, 0.717) is 0 Å². The average molecular weight is 366 g/mol. The van der Waals surface area contributed by atoms with Crippen LogP contribution in [0, 0.1) is 0 Å². The van der Waals surface area contributed by atoms with Crippen LogP contribution in [0.5, 0.6) is 0 Å². The Labute approximate surface area is 158 Å². The number of ether oxygens (including phenoxy) is 1. The first-order valence-corrected chi connectivity index (χ1v) is 8.94. The highest BCUT2D eigenvalue weighted by Gasteiger charge is 2.36. The molecule has 0 heterocycles. The zero-order valence-electron chi connectivity index (χ0n) is 14.3. The number of hydrogen-bond donors (Lipinski definition) is 1. The fraction of sp³-hybridized carbons (Fsp3) is 0.136. The summed E-state index contributed by atoms with van der Waals surface area (Å²) in [7, 11) is 0. The van der Waals surface area contributed by atoms with Crippen molar-refractivity contribution in [2.45, 2.75) is 5.54 Å². The van der Waals surface area contributed by atoms with Gasteiger partial charge < -0.3 is 4.74 Å². The Bertz CT molecular complexity index is 726. The van der Waals surface area contributed by atoms with Gasteiger partial charge in [-0.3, -0.25) is 10.1 Å². The van der Waals surface area contributed by atoms with Gasteiger partial charge in [0, 0.05) is 0 Å². The molecule has 0 atom stereocenters. The number of benzene rings is 3. The summed E-state index contributed by atoms with van der Waals surface area (Å²) in [4.78, 5) is 12.0. The van der Waals surface area contributed by atoms with Gasteiger partial charge in [0.1, 0.15) is 0 Å². The first-order chi connectivity index (χ1) is 12.8. The van der Waals surface area contributed by atoms with Gasteiger partial charge >= 0.3 is 5.97 Å². The van der Waals surface area contributed by atoms with Crippen LogP contribution in [0.3, 0.4) is 0 Å². The quantitative estimate of drug-likeness (QED) is 0.385. The van der Waals surface area contributed by atoms with E-state index in [0.717, 1.165) is 16.7 Å². The van der Waals surface area contributed by atoms with Crippen LogP contribution in [-0.4, -0.2) is 18.6 Å². The molecule has 0 unspecified atom stereocenters. The maximum absolute atomic E-state index is 12.0. The summed E-state index contributed by atoms with van der Waals surface area (Å²) in [6.45, 7) is 0.0331. The summed E-state index contributed by atoms with van der Waals surface area (Å²) in [6.07, 6.45) is 0. The van der Waals surface area contributed by atoms with E-state index < -0.39 is 11.5 Å². The monoisotopic (exact) mass is 365 g/mol. The fourth-order valence-corrected chi connectivity index (χ4v) is 3.31. The van der Waals surface area contributed by atoms with E-state index in [1.165, 1.54) is 0 Å². The van der Waals surface area contributed by atoms with Gasteiger partial charge in [0.2, 0.25) is 0 Å². The lowest BCUT2D eigenvalue weighted by Crippen LogP contribution is -2.47. The lowest BCUT2D eigenvalue weighted by molar-refractivity contribution is -0.140. The zero-order valence-corrected chi connectivity index (χ0v) is 15.0. The maximum Gasteiger partial charge on any atom is 0.321 e. The summed E-state index contributed by atoms with van der Waals surface area (Å²) >= 11 is 5.53. The first-order valence-electron chi connectivity index (χ1n) is 8.40. The number of esters is 1. The van der Waals surface area contributed by atoms with Crippen molar-refractivity contribution in [3.8, 4) is 0 Å². The molecule has 3 nitrogen and oxygen atoms in total. The van der Waals surface area contributed by atoms with Crippen molar-refractivity contribution < 1.29 is 9.53 Å². The van der Waals surface area contributed by atoms with Crippen LogP contribution >= 0.6 is 11.6 Å². The number of alkyl halides is 1. The molecule has 0 aliphatic heterocycles. The predicted molar refractivity (Wildman–Crippen MR) is 104 cm³/mol. The fourth-order valence-electron chi connectivity index (χ4n) is 3.19. The Kier molecular flexibility index (Phi) is 6.05. The maximum atomic E-state index is 12.0. The van der Waals surface area contributed by atoms with Crippen molar-refractivity contribution in [3.63, 3.8) is 0 Å². The first kappa shape index (κ1) is 18.2. The second-order valence-corrected chi connectivity index (χ2v) is 6.05. The molecule has 0 aromatic heterocycles. The Morgan fingerprint density at radius 3 is 1.50 bits per heavy atom. The number of rotatable bonds is 7. The predicted octanol–water partition coefficient (Wildman–Crippen LogP) is 4.31. The van der Waals surface area contributed by atoms with Crippen LogP contribution in [0.25, 0.3) is 0 Å². The molecule has 3 aromatic rings. The normalized spacial score (nSPS) is 11.1. The van der Waals surface area contributed by atoms with Crippen LogP contribution in [0.4, 0.5) is 0 Å². The highest BCUT2D eigenvalue weighted by molar-refractivity contribution is 6.17. The van der Waals surface area contributed by atoms with E-state index in [1.807, 2.05) is 54.6 Å². The van der Waals surface area contributed by atoms with E-state index in [4.69, 9.17) is 16.3 Å². The van der Waals surface area contributed by atoms with Crippen molar-refractivity contribution in [2.24, 2.45) is 0 Å². The van der Waals surface area contributed by atoms with Crippen LogP contribution in [0.2, 0.25) is 0 Å². The minimum Gasteiger partial charge on any atom is -0.448 e. The van der Waals surface area contributed by atoms with Gasteiger partial charge in [0.25, 0.3) is 0 Å². The molecule has 0 saturated heterocycles. The molecule has 0 radical (unpaired) electrons. The molecular weight excluding hydrogens is 346 g/mol. The smallest absolute Gasteiger partial charge is 0.321 e. The summed E-state index contributed by atoms with van der Waals surface area (Å²) < 4.78 is 4.91. The molecule has 0 fully saturated rings. The molecule has 132 valence electrons. The molecule has 1 N–H and O–H groups in total. The number of nitrogens with one attached hydrogen (secondary N) is 1. The molecule has 26 heavy (non-hydrogen) atoms. The summed E-state index contributed by atoms with van der Waals surface area (Å²) in [5, 5.41) is 3.43. The molecule has 0 saturated carbocycles. The molecule has 3 aromatic carbocycles. The van der Waals surface area contributed by atoms with Crippen molar-refractivity contribution >= 4 is 17.6 Å². The number of carbonyl (C=O) groups excluding carboxylic acids is 1. The minimum absolute atomic E-state index is 0.0331. The minimum atomic E-state index is -0.685. The van der Waals surface area contributed by atoms with Crippen LogP contribution in [-0.2, 0) is 15.1 Å². The molecule has 0 aliphatic rings. The lowest BCUT2D eigenvalue weighted by Gasteiger charge is -2.36. The topological polar surface area (TPSA) is 38.3 Å². The Morgan fingerprint density at radius 1 is 0.769 bits per heavy atom. The molecule has 3 rings (SSSR count). The Balaban J connectivity index is 2.16. The largest absolute Gasteiger partial charge is 0.448 e. The lowest BCUT2D eigenvalue weighted by atomic mass is 9.77. The zero-order chi connectivity index (χ0) is 18.2. The van der Waals surface area contributed by atoms with Crippen molar-refractivity contribution in [1.82, 2.24) is 5.32 Å². The standard InChI is InChI=1S/C22H20ClNO2/c23-17-26-21(25)16-24-22(18-10-4-1-5-11-18,19-12-6-2-7-13-19)20-14-8-3-9-15-20/h1-15,24H,16-17H2. The number of halogens is 1. The molecule has 0 spiro atoms. The van der Waals surface area contributed by atoms with Crippen molar-refractivity contribution in [1.29, 1.82) is 0 Å². The van der Waals surface area contributed by atoms with E-state index in [1.54, 1.807) is 0 Å². The third-order valence-corrected chi connectivity index (χ3v) is 4.44. The average Bonchev–Trinajstić information content (AvgIpc) is 2.71. The highest BCUT2D eigenvalue weighted by atomic mass is 35.5. The van der Waals surface area contributed by atoms with Gasteiger partial charge in [-0.1, -0.05) is 103 Å². The SMILES string of the molecule is O=C(CNC(c1ccccc1)(c1ccccc1)c1ccccc1)OCCl. The summed E-state index contributed by atoms with van der Waals surface area (Å²) in [5.74, 6) is -0.396. The molecule has 4 heteroatoms. The van der Waals surface area contributed by atoms with Gasteiger partial charge in [-0.05, 0) is 16.7 Å². The Hall–Kier alpha value is -2.62. The van der Waals surface area contributed by atoms with Crippen LogP contribution in [0.1, 0.15) is 16.7 Å². The second kappa shape index (κ2) is 8.65. The molecule has 0 bridgehead atoms. The number of hydrogen-bond acceptors (Lipinski definition) is 3. The summed E-state index contributed by atoms with van der Waals surface area (Å²) in [5.41, 5.74) is 2.43. The Morgan fingerprint density at radius 2 is 1.15 bits per heavy atom. The van der Waals surface area contributed by atoms with E-state index in [-0.39, 0.29) is 12.6 Å². The van der Waals surface area contributed by atoms with Crippen LogP contribution in [0.15, 0.2) is 91.0 Å². The molecule has 0 amide bonds. The van der Waals surface area contributed by atoms with Gasteiger partial charge in [-0.15, -0.1) is 0 Å². The molecular formula is C22H20ClNO2. The van der Waals surface area contributed by atoms with E-state index in [2.05, 4.69) is 41.7 Å². The third-order valence-electron chi connectivity index (χ3n) is 4.33. The van der Waals surface area contributed by atoms with Gasteiger partial charge in [0.15, 0.2) is 6.07 Å². The van der Waals surface area contributed by atoms with Crippen molar-refractivity contribution in [3.05, 3.63) is 108 Å². The highest BCUT2D eigenvalue weighted by Crippen LogP contribution is 2.36. The second-order valence-electron chi connectivity index (χ2n) is 5.83. The van der Waals surface area contributed by atoms with Crippen LogP contribution < -0.4 is 5.32 Å².